The smallest absolute Gasteiger partial charge is 0.241 e. The van der Waals surface area contributed by atoms with E-state index in [2.05, 4.69) is 27.1 Å². The first-order chi connectivity index (χ1) is 15.4. The zero-order valence-electron chi connectivity index (χ0n) is 18.7. The first-order valence-electron chi connectivity index (χ1n) is 11.2. The summed E-state index contributed by atoms with van der Waals surface area (Å²) >= 11 is 0. The van der Waals surface area contributed by atoms with Crippen LogP contribution in [0.25, 0.3) is 0 Å². The van der Waals surface area contributed by atoms with Gasteiger partial charge in [0.05, 0.1) is 18.0 Å². The van der Waals surface area contributed by atoms with Crippen LogP contribution in [0.1, 0.15) is 36.8 Å². The average Bonchev–Trinajstić information content (AvgIpc) is 2.79. The minimum absolute atomic E-state index is 0.145. The Balaban J connectivity index is 1.32. The van der Waals surface area contributed by atoms with Gasteiger partial charge < -0.3 is 10.1 Å². The molecule has 1 fully saturated rings. The first-order valence-corrected chi connectivity index (χ1v) is 12.7. The van der Waals surface area contributed by atoms with Crippen molar-refractivity contribution in [2.75, 3.05) is 32.8 Å². The van der Waals surface area contributed by atoms with Crippen LogP contribution in [0.2, 0.25) is 0 Å². The second-order valence-electron chi connectivity index (χ2n) is 8.17. The van der Waals surface area contributed by atoms with Crippen LogP contribution in [-0.2, 0) is 21.4 Å². The Hall–Kier alpha value is -2.42. The van der Waals surface area contributed by atoms with Gasteiger partial charge in [0.1, 0.15) is 5.75 Å². The number of sulfonamides is 1. The monoisotopic (exact) mass is 459 g/mol. The topological polar surface area (TPSA) is 87.7 Å². The molecule has 0 unspecified atom stereocenters. The van der Waals surface area contributed by atoms with Gasteiger partial charge in [-0.3, -0.25) is 9.69 Å². The normalized spacial score (nSPS) is 14.8. The second kappa shape index (κ2) is 12.0. The van der Waals surface area contributed by atoms with Crippen LogP contribution in [0.4, 0.5) is 0 Å². The first kappa shape index (κ1) is 24.2. The van der Waals surface area contributed by atoms with E-state index in [9.17, 15) is 13.2 Å². The van der Waals surface area contributed by atoms with Crippen molar-refractivity contribution in [3.63, 3.8) is 0 Å². The molecule has 8 heteroatoms. The highest BCUT2D eigenvalue weighted by atomic mass is 32.2. The Morgan fingerprint density at radius 2 is 1.81 bits per heavy atom. The van der Waals surface area contributed by atoms with Gasteiger partial charge in [-0.2, -0.15) is 0 Å². The fourth-order valence-corrected chi connectivity index (χ4v) is 4.61. The van der Waals surface area contributed by atoms with Gasteiger partial charge in [0.15, 0.2) is 0 Å². The molecule has 7 nitrogen and oxygen atoms in total. The highest BCUT2D eigenvalue weighted by Gasteiger charge is 2.15. The van der Waals surface area contributed by atoms with Gasteiger partial charge in [0.25, 0.3) is 0 Å². The number of likely N-dealkylation sites (tertiary alicyclic amines) is 1. The summed E-state index contributed by atoms with van der Waals surface area (Å²) in [4.78, 5) is 14.6. The van der Waals surface area contributed by atoms with Gasteiger partial charge in [-0.15, -0.1) is 0 Å². The van der Waals surface area contributed by atoms with E-state index >= 15 is 0 Å². The van der Waals surface area contributed by atoms with E-state index in [1.807, 2.05) is 19.1 Å². The third-order valence-electron chi connectivity index (χ3n) is 5.42. The fraction of sp³-hybridized carbons (Fsp3) is 0.458. The van der Waals surface area contributed by atoms with E-state index < -0.39 is 10.0 Å². The molecule has 1 aliphatic heterocycles. The van der Waals surface area contributed by atoms with Gasteiger partial charge in [0.2, 0.25) is 15.9 Å². The van der Waals surface area contributed by atoms with E-state index in [1.165, 1.54) is 37.0 Å². The van der Waals surface area contributed by atoms with Crippen molar-refractivity contribution in [2.24, 2.45) is 0 Å². The van der Waals surface area contributed by atoms with Gasteiger partial charge in [-0.05, 0) is 69.1 Å². The van der Waals surface area contributed by atoms with E-state index in [4.69, 9.17) is 4.74 Å². The lowest BCUT2D eigenvalue weighted by Crippen LogP contribution is -2.37. The third kappa shape index (κ3) is 7.93. The molecule has 0 saturated carbocycles. The Bertz CT molecular complexity index is 971. The van der Waals surface area contributed by atoms with Crippen LogP contribution in [0.15, 0.2) is 53.4 Å². The maximum atomic E-state index is 12.2. The highest BCUT2D eigenvalue weighted by Crippen LogP contribution is 2.17. The summed E-state index contributed by atoms with van der Waals surface area (Å²) in [5.74, 6) is 0.459. The molecule has 1 saturated heterocycles. The largest absolute Gasteiger partial charge is 0.494 e. The minimum Gasteiger partial charge on any atom is -0.494 e. The summed E-state index contributed by atoms with van der Waals surface area (Å²) in [6, 6.07) is 14.6. The predicted octanol–water partition coefficient (Wildman–Crippen LogP) is 2.84. The van der Waals surface area contributed by atoms with Crippen LogP contribution in [0.3, 0.4) is 0 Å². The Morgan fingerprint density at radius 3 is 2.56 bits per heavy atom. The molecular formula is C24H33N3O4S. The number of rotatable bonds is 11. The van der Waals surface area contributed by atoms with Gasteiger partial charge in [0, 0.05) is 13.1 Å². The molecule has 0 atom stereocenters. The summed E-state index contributed by atoms with van der Waals surface area (Å²) < 4.78 is 32.6. The molecule has 1 aliphatic rings. The number of nitrogens with one attached hydrogen (secondary N) is 2. The quantitative estimate of drug-likeness (QED) is 0.505. The van der Waals surface area contributed by atoms with Crippen LogP contribution in [0.5, 0.6) is 5.75 Å². The summed E-state index contributed by atoms with van der Waals surface area (Å²) in [5.41, 5.74) is 2.22. The number of hydrogen-bond acceptors (Lipinski definition) is 5. The number of carbonyl (C=O) groups is 1. The molecule has 0 spiro atoms. The number of amides is 1. The maximum Gasteiger partial charge on any atom is 0.241 e. The van der Waals surface area contributed by atoms with Crippen LogP contribution >= 0.6 is 0 Å². The second-order valence-corrected chi connectivity index (χ2v) is 9.94. The van der Waals surface area contributed by atoms with Gasteiger partial charge >= 0.3 is 0 Å². The van der Waals surface area contributed by atoms with Crippen molar-refractivity contribution in [2.45, 2.75) is 44.0 Å². The molecule has 0 aliphatic carbocycles. The molecule has 2 aromatic rings. The lowest BCUT2D eigenvalue weighted by molar-refractivity contribution is -0.119. The molecule has 3 rings (SSSR count). The van der Waals surface area contributed by atoms with Crippen molar-refractivity contribution >= 4 is 15.9 Å². The van der Waals surface area contributed by atoms with E-state index in [-0.39, 0.29) is 17.3 Å². The van der Waals surface area contributed by atoms with Crippen molar-refractivity contribution in [1.29, 1.82) is 0 Å². The van der Waals surface area contributed by atoms with Gasteiger partial charge in [-0.25, -0.2) is 13.1 Å². The number of hydrogen-bond donors (Lipinski definition) is 2. The van der Waals surface area contributed by atoms with Crippen molar-refractivity contribution in [3.05, 3.63) is 59.7 Å². The van der Waals surface area contributed by atoms with E-state index in [0.717, 1.165) is 30.9 Å². The van der Waals surface area contributed by atoms with E-state index in [0.29, 0.717) is 19.6 Å². The number of piperidine rings is 1. The number of nitrogens with zero attached hydrogens (tertiary/aromatic N) is 1. The summed E-state index contributed by atoms with van der Waals surface area (Å²) in [6.45, 7) is 5.74. The summed E-state index contributed by atoms with van der Waals surface area (Å²) in [7, 11) is -3.70. The number of aryl methyl sites for hydroxylation is 1. The van der Waals surface area contributed by atoms with Crippen LogP contribution in [-0.4, -0.2) is 52.0 Å². The SMILES string of the molecule is Cc1ccc(S(=O)(=O)NCC(=O)NCCCOc2cccc(CN3CCCCC3)c2)cc1. The molecule has 2 aromatic carbocycles. The number of ether oxygens (including phenoxy) is 1. The van der Waals surface area contributed by atoms with Crippen LogP contribution < -0.4 is 14.8 Å². The van der Waals surface area contributed by atoms with E-state index in [1.54, 1.807) is 12.1 Å². The molecule has 32 heavy (non-hydrogen) atoms. The minimum atomic E-state index is -3.70. The lowest BCUT2D eigenvalue weighted by Gasteiger charge is -2.26. The average molecular weight is 460 g/mol. The predicted molar refractivity (Wildman–Crippen MR) is 125 cm³/mol. The Morgan fingerprint density at radius 1 is 1.06 bits per heavy atom. The van der Waals surface area contributed by atoms with Crippen molar-refractivity contribution in [3.8, 4) is 5.75 Å². The highest BCUT2D eigenvalue weighted by molar-refractivity contribution is 7.89. The third-order valence-corrected chi connectivity index (χ3v) is 6.84. The Labute approximate surface area is 191 Å². The fourth-order valence-electron chi connectivity index (χ4n) is 3.62. The van der Waals surface area contributed by atoms with Crippen LogP contribution in [0, 0.1) is 6.92 Å². The molecule has 0 bridgehead atoms. The molecule has 174 valence electrons. The molecule has 0 radical (unpaired) electrons. The van der Waals surface area contributed by atoms with Crippen molar-refractivity contribution < 1.29 is 17.9 Å². The van der Waals surface area contributed by atoms with Gasteiger partial charge in [-0.1, -0.05) is 36.2 Å². The lowest BCUT2D eigenvalue weighted by atomic mass is 10.1. The number of benzene rings is 2. The summed E-state index contributed by atoms with van der Waals surface area (Å²) in [6.07, 6.45) is 4.51. The molecular weight excluding hydrogens is 426 g/mol. The number of carbonyl (C=O) groups excluding carboxylic acids is 1. The molecule has 2 N–H and O–H groups in total. The maximum absolute atomic E-state index is 12.2. The standard InChI is InChI=1S/C24H33N3O4S/c1-20-9-11-23(12-10-20)32(29,30)26-18-24(28)25-13-6-16-31-22-8-5-7-21(17-22)19-27-14-3-2-4-15-27/h5,7-12,17,26H,2-4,6,13-16,18-19H2,1H3,(H,25,28). The summed E-state index contributed by atoms with van der Waals surface area (Å²) in [5, 5.41) is 2.72. The Kier molecular flexibility index (Phi) is 9.08. The zero-order valence-corrected chi connectivity index (χ0v) is 19.5. The molecule has 0 aromatic heterocycles. The zero-order chi connectivity index (χ0) is 22.8. The molecule has 1 amide bonds. The molecule has 1 heterocycles. The van der Waals surface area contributed by atoms with Crippen molar-refractivity contribution in [1.82, 2.24) is 14.9 Å².